The molecule has 2 aliphatic rings. The van der Waals surface area contributed by atoms with E-state index < -0.39 is 6.09 Å². The van der Waals surface area contributed by atoms with Gasteiger partial charge < -0.3 is 20.4 Å². The van der Waals surface area contributed by atoms with Gasteiger partial charge in [0.25, 0.3) is 5.56 Å². The van der Waals surface area contributed by atoms with E-state index in [1.807, 2.05) is 6.92 Å². The minimum atomic E-state index is -0.433. The number of aromatic amines is 1. The van der Waals surface area contributed by atoms with Gasteiger partial charge in [-0.2, -0.15) is 5.10 Å². The Morgan fingerprint density at radius 1 is 1.30 bits per heavy atom. The molecule has 2 aromatic heterocycles. The third-order valence-electron chi connectivity index (χ3n) is 5.50. The standard InChI is InChI=1S/C19H27N5O3/c1-2-20-19(26)27-11-10-24-17-15(16(23-24)14-8-5-9-21-14)12-6-3-4-7-13(12)18(25)22-17/h14,21H,2-11H2,1H3,(H,20,26)(H,22,25)/t14-/m1/s1. The zero-order chi connectivity index (χ0) is 18.8. The van der Waals surface area contributed by atoms with E-state index in [1.54, 1.807) is 4.68 Å². The molecule has 8 heteroatoms. The number of carbonyl (C=O) groups excluding carboxylic acids is 1. The summed E-state index contributed by atoms with van der Waals surface area (Å²) >= 11 is 0. The number of aryl methyl sites for hydroxylation is 1. The maximum absolute atomic E-state index is 12.6. The van der Waals surface area contributed by atoms with Gasteiger partial charge in [-0.25, -0.2) is 9.48 Å². The van der Waals surface area contributed by atoms with Crippen LogP contribution in [-0.4, -0.2) is 40.6 Å². The Balaban J connectivity index is 1.72. The van der Waals surface area contributed by atoms with Gasteiger partial charge in [0, 0.05) is 17.5 Å². The first-order valence-corrected chi connectivity index (χ1v) is 9.97. The van der Waals surface area contributed by atoms with E-state index in [2.05, 4.69) is 15.6 Å². The summed E-state index contributed by atoms with van der Waals surface area (Å²) in [5, 5.41) is 12.1. The molecule has 146 valence electrons. The van der Waals surface area contributed by atoms with Crippen molar-refractivity contribution in [2.24, 2.45) is 0 Å². The summed E-state index contributed by atoms with van der Waals surface area (Å²) in [6.07, 6.45) is 5.68. The van der Waals surface area contributed by atoms with E-state index >= 15 is 0 Å². The highest BCUT2D eigenvalue weighted by atomic mass is 16.5. The van der Waals surface area contributed by atoms with Crippen molar-refractivity contribution in [3.8, 4) is 0 Å². The van der Waals surface area contributed by atoms with Gasteiger partial charge in [-0.15, -0.1) is 0 Å². The third-order valence-corrected chi connectivity index (χ3v) is 5.50. The number of aromatic nitrogens is 3. The Morgan fingerprint density at radius 3 is 2.85 bits per heavy atom. The second-order valence-corrected chi connectivity index (χ2v) is 7.27. The lowest BCUT2D eigenvalue weighted by Gasteiger charge is -2.17. The van der Waals surface area contributed by atoms with Crippen LogP contribution in [0, 0.1) is 0 Å². The predicted molar refractivity (Wildman–Crippen MR) is 102 cm³/mol. The summed E-state index contributed by atoms with van der Waals surface area (Å²) in [7, 11) is 0. The molecule has 0 saturated carbocycles. The summed E-state index contributed by atoms with van der Waals surface area (Å²) in [5.74, 6) is 0. The Hall–Kier alpha value is -2.35. The van der Waals surface area contributed by atoms with Gasteiger partial charge >= 0.3 is 6.09 Å². The molecule has 1 aliphatic heterocycles. The number of hydrogen-bond donors (Lipinski definition) is 3. The van der Waals surface area contributed by atoms with E-state index in [9.17, 15) is 9.59 Å². The average molecular weight is 373 g/mol. The summed E-state index contributed by atoms with van der Waals surface area (Å²) in [5.41, 5.74) is 3.86. The number of nitrogens with zero attached hydrogens (tertiary/aromatic N) is 2. The maximum atomic E-state index is 12.6. The molecule has 27 heavy (non-hydrogen) atoms. The van der Waals surface area contributed by atoms with E-state index in [-0.39, 0.29) is 18.2 Å². The molecule has 1 fully saturated rings. The Kier molecular flexibility index (Phi) is 5.15. The smallest absolute Gasteiger partial charge is 0.407 e. The molecule has 0 bridgehead atoms. The van der Waals surface area contributed by atoms with Gasteiger partial charge in [0.2, 0.25) is 0 Å². The number of rotatable bonds is 5. The van der Waals surface area contributed by atoms with Crippen molar-refractivity contribution in [1.82, 2.24) is 25.4 Å². The number of pyridine rings is 1. The van der Waals surface area contributed by atoms with Gasteiger partial charge in [0.05, 0.1) is 18.3 Å². The Labute approximate surface area is 157 Å². The van der Waals surface area contributed by atoms with E-state index in [0.29, 0.717) is 13.1 Å². The molecule has 4 rings (SSSR count). The van der Waals surface area contributed by atoms with Crippen molar-refractivity contribution in [3.05, 3.63) is 27.2 Å². The number of alkyl carbamates (subject to hydrolysis) is 1. The highest BCUT2D eigenvalue weighted by molar-refractivity contribution is 5.84. The fourth-order valence-corrected chi connectivity index (χ4v) is 4.26. The number of amides is 1. The first kappa shape index (κ1) is 18.0. The van der Waals surface area contributed by atoms with E-state index in [1.165, 1.54) is 5.56 Å². The van der Waals surface area contributed by atoms with Gasteiger partial charge in [0.15, 0.2) is 0 Å². The van der Waals surface area contributed by atoms with Crippen LogP contribution in [0.5, 0.6) is 0 Å². The summed E-state index contributed by atoms with van der Waals surface area (Å²) in [4.78, 5) is 27.2. The maximum Gasteiger partial charge on any atom is 0.407 e. The highest BCUT2D eigenvalue weighted by Crippen LogP contribution is 2.33. The molecule has 0 spiro atoms. The van der Waals surface area contributed by atoms with Crippen LogP contribution in [-0.2, 0) is 24.1 Å². The number of H-pyrrole nitrogens is 1. The van der Waals surface area contributed by atoms with E-state index in [4.69, 9.17) is 9.84 Å². The number of nitrogens with one attached hydrogen (secondary N) is 3. The molecule has 1 aliphatic carbocycles. The summed E-state index contributed by atoms with van der Waals surface area (Å²) in [6.45, 7) is 3.98. The SMILES string of the molecule is CCNC(=O)OCCn1nc([C@H]2CCCN2)c2c3c(c(=O)[nH]c21)CCCC3. The Bertz CT molecular complexity index is 895. The first-order valence-electron chi connectivity index (χ1n) is 9.97. The topological polar surface area (TPSA) is 101 Å². The van der Waals surface area contributed by atoms with Crippen molar-refractivity contribution in [1.29, 1.82) is 0 Å². The molecule has 3 N–H and O–H groups in total. The lowest BCUT2D eigenvalue weighted by Crippen LogP contribution is -2.25. The van der Waals surface area contributed by atoms with Crippen molar-refractivity contribution < 1.29 is 9.53 Å². The average Bonchev–Trinajstić information content (AvgIpc) is 3.31. The molecule has 2 aromatic rings. The van der Waals surface area contributed by atoms with Crippen LogP contribution in [0.4, 0.5) is 4.79 Å². The highest BCUT2D eigenvalue weighted by Gasteiger charge is 2.28. The van der Waals surface area contributed by atoms with Crippen LogP contribution in [0.3, 0.4) is 0 Å². The summed E-state index contributed by atoms with van der Waals surface area (Å²) < 4.78 is 6.99. The molecule has 1 amide bonds. The quantitative estimate of drug-likeness (QED) is 0.742. The zero-order valence-corrected chi connectivity index (χ0v) is 15.8. The fourth-order valence-electron chi connectivity index (χ4n) is 4.26. The Morgan fingerprint density at radius 2 is 2.11 bits per heavy atom. The summed E-state index contributed by atoms with van der Waals surface area (Å²) in [6, 6.07) is 0.218. The van der Waals surface area contributed by atoms with Gasteiger partial charge in [-0.3, -0.25) is 4.79 Å². The zero-order valence-electron chi connectivity index (χ0n) is 15.8. The van der Waals surface area contributed by atoms with Gasteiger partial charge in [0.1, 0.15) is 12.3 Å². The van der Waals surface area contributed by atoms with Crippen LogP contribution >= 0.6 is 0 Å². The minimum Gasteiger partial charge on any atom is -0.448 e. The monoisotopic (exact) mass is 373 g/mol. The third kappa shape index (κ3) is 3.45. The number of hydrogen-bond acceptors (Lipinski definition) is 5. The van der Waals surface area contributed by atoms with Crippen LogP contribution in [0.1, 0.15) is 55.5 Å². The molecule has 1 saturated heterocycles. The molecular formula is C19H27N5O3. The predicted octanol–water partition coefficient (Wildman–Crippen LogP) is 1.77. The van der Waals surface area contributed by atoms with Crippen LogP contribution in [0.25, 0.3) is 11.0 Å². The van der Waals surface area contributed by atoms with E-state index in [0.717, 1.165) is 67.4 Å². The number of fused-ring (bicyclic) bond motifs is 3. The van der Waals surface area contributed by atoms with Crippen LogP contribution < -0.4 is 16.2 Å². The lowest BCUT2D eigenvalue weighted by atomic mass is 9.89. The number of ether oxygens (including phenoxy) is 1. The second-order valence-electron chi connectivity index (χ2n) is 7.27. The molecule has 0 unspecified atom stereocenters. The molecule has 0 radical (unpaired) electrons. The molecule has 1 atom stereocenters. The molecule has 3 heterocycles. The van der Waals surface area contributed by atoms with Gasteiger partial charge in [-0.1, -0.05) is 0 Å². The molecular weight excluding hydrogens is 346 g/mol. The van der Waals surface area contributed by atoms with Crippen molar-refractivity contribution in [2.45, 2.75) is 58.0 Å². The van der Waals surface area contributed by atoms with Crippen molar-refractivity contribution >= 4 is 17.1 Å². The fraction of sp³-hybridized carbons (Fsp3) is 0.632. The van der Waals surface area contributed by atoms with Gasteiger partial charge in [-0.05, 0) is 57.6 Å². The lowest BCUT2D eigenvalue weighted by molar-refractivity contribution is 0.141. The molecule has 8 nitrogen and oxygen atoms in total. The first-order chi connectivity index (χ1) is 13.2. The largest absolute Gasteiger partial charge is 0.448 e. The van der Waals surface area contributed by atoms with Crippen LogP contribution in [0.15, 0.2) is 4.79 Å². The normalized spacial score (nSPS) is 19.2. The minimum absolute atomic E-state index is 0.00562. The molecule has 0 aromatic carbocycles. The van der Waals surface area contributed by atoms with Crippen LogP contribution in [0.2, 0.25) is 0 Å². The number of carbonyl (C=O) groups is 1. The second kappa shape index (κ2) is 7.72. The van der Waals surface area contributed by atoms with Crippen molar-refractivity contribution in [2.75, 3.05) is 19.7 Å². The van der Waals surface area contributed by atoms with Crippen molar-refractivity contribution in [3.63, 3.8) is 0 Å².